The first-order valence-corrected chi connectivity index (χ1v) is 11.9. The Morgan fingerprint density at radius 1 is 0.781 bits per heavy atom. The van der Waals surface area contributed by atoms with Gasteiger partial charge in [0.1, 0.15) is 0 Å². The molecule has 1 aliphatic heterocycles. The number of carbonyl (C=O) groups excluding carboxylic acids is 1. The summed E-state index contributed by atoms with van der Waals surface area (Å²) in [5.74, 6) is 0.144. The van der Waals surface area contributed by atoms with Crippen molar-refractivity contribution in [1.82, 2.24) is 5.32 Å². The Morgan fingerprint density at radius 2 is 1.22 bits per heavy atom. The van der Waals surface area contributed by atoms with Crippen molar-refractivity contribution in [3.8, 4) is 0 Å². The molecule has 1 heterocycles. The molecule has 32 heavy (non-hydrogen) atoms. The van der Waals surface area contributed by atoms with E-state index in [0.717, 1.165) is 49.4 Å². The Hall–Kier alpha value is -3.01. The van der Waals surface area contributed by atoms with Gasteiger partial charge in [0.15, 0.2) is 5.78 Å². The number of allylic oxidation sites excluding steroid dienone is 2. The van der Waals surface area contributed by atoms with E-state index in [1.807, 2.05) is 13.0 Å². The Kier molecular flexibility index (Phi) is 8.15. The predicted octanol–water partition coefficient (Wildman–Crippen LogP) is 5.96. The Morgan fingerprint density at radius 3 is 1.66 bits per heavy atom. The SMILES string of the molecule is CCN(CC)c1ccc(/C=C2\CC(C)C(=O)/C(=C\c3ccc(N(CC)CC)cc3)N2)cc1. The highest BCUT2D eigenvalue weighted by Gasteiger charge is 2.25. The molecular weight excluding hydrogens is 394 g/mol. The van der Waals surface area contributed by atoms with E-state index < -0.39 is 0 Å². The summed E-state index contributed by atoms with van der Waals surface area (Å²) in [5, 5.41) is 3.40. The van der Waals surface area contributed by atoms with Crippen LogP contribution in [0.4, 0.5) is 11.4 Å². The highest BCUT2D eigenvalue weighted by Crippen LogP contribution is 2.26. The van der Waals surface area contributed by atoms with E-state index in [-0.39, 0.29) is 11.7 Å². The van der Waals surface area contributed by atoms with Crippen LogP contribution in [0.5, 0.6) is 0 Å². The minimum absolute atomic E-state index is 0.0290. The van der Waals surface area contributed by atoms with Gasteiger partial charge in [-0.15, -0.1) is 0 Å². The van der Waals surface area contributed by atoms with E-state index in [0.29, 0.717) is 5.70 Å². The molecule has 1 unspecified atom stereocenters. The summed E-state index contributed by atoms with van der Waals surface area (Å²) in [7, 11) is 0. The second-order valence-corrected chi connectivity index (χ2v) is 8.35. The lowest BCUT2D eigenvalue weighted by Gasteiger charge is -2.25. The fourth-order valence-electron chi connectivity index (χ4n) is 4.28. The number of rotatable bonds is 8. The Labute approximate surface area is 193 Å². The predicted molar refractivity (Wildman–Crippen MR) is 138 cm³/mol. The van der Waals surface area contributed by atoms with Crippen LogP contribution in [0, 0.1) is 5.92 Å². The Bertz CT molecular complexity index is 949. The van der Waals surface area contributed by atoms with Crippen LogP contribution in [0.2, 0.25) is 0 Å². The van der Waals surface area contributed by atoms with E-state index in [4.69, 9.17) is 0 Å². The summed E-state index contributed by atoms with van der Waals surface area (Å²) in [6, 6.07) is 17.1. The Balaban J connectivity index is 1.79. The number of benzene rings is 2. The molecule has 1 atom stereocenters. The highest BCUT2D eigenvalue weighted by atomic mass is 16.1. The van der Waals surface area contributed by atoms with Crippen molar-refractivity contribution in [2.75, 3.05) is 36.0 Å². The summed E-state index contributed by atoms with van der Waals surface area (Å²) in [5.41, 5.74) is 6.39. The van der Waals surface area contributed by atoms with Gasteiger partial charge >= 0.3 is 0 Å². The van der Waals surface area contributed by atoms with E-state index in [2.05, 4.69) is 97.4 Å². The molecule has 1 saturated heterocycles. The fraction of sp³-hybridized carbons (Fsp3) is 0.393. The average Bonchev–Trinajstić information content (AvgIpc) is 2.81. The summed E-state index contributed by atoms with van der Waals surface area (Å²) in [6.45, 7) is 14.7. The smallest absolute Gasteiger partial charge is 0.182 e. The summed E-state index contributed by atoms with van der Waals surface area (Å²) >= 11 is 0. The van der Waals surface area contributed by atoms with Crippen molar-refractivity contribution in [1.29, 1.82) is 0 Å². The van der Waals surface area contributed by atoms with Gasteiger partial charge in [-0.2, -0.15) is 0 Å². The number of anilines is 2. The maximum atomic E-state index is 12.8. The molecule has 0 aromatic heterocycles. The molecule has 3 rings (SSSR count). The standard InChI is InChI=1S/C28H37N3O/c1-6-30(7-2)25-14-10-22(11-15-25)19-24-18-21(5)28(32)27(29-24)20-23-12-16-26(17-13-23)31(8-3)9-4/h10-17,19-21,29H,6-9,18H2,1-5H3/b24-19+,27-20+. The molecule has 1 fully saturated rings. The maximum Gasteiger partial charge on any atom is 0.182 e. The lowest BCUT2D eigenvalue weighted by atomic mass is 9.92. The van der Waals surface area contributed by atoms with Crippen LogP contribution in [0.1, 0.15) is 52.2 Å². The topological polar surface area (TPSA) is 35.6 Å². The second kappa shape index (κ2) is 11.0. The van der Waals surface area contributed by atoms with Gasteiger partial charge in [-0.05, 0) is 81.7 Å². The number of Topliss-reactive ketones (excluding diaryl/α,β-unsaturated/α-hetero) is 1. The maximum absolute atomic E-state index is 12.8. The van der Waals surface area contributed by atoms with Crippen LogP contribution in [-0.2, 0) is 4.79 Å². The number of hydrogen-bond donors (Lipinski definition) is 1. The zero-order valence-electron chi connectivity index (χ0n) is 20.2. The third-order valence-electron chi connectivity index (χ3n) is 6.23. The monoisotopic (exact) mass is 431 g/mol. The lowest BCUT2D eigenvalue weighted by Crippen LogP contribution is -2.31. The van der Waals surface area contributed by atoms with Crippen molar-refractivity contribution in [2.24, 2.45) is 5.92 Å². The molecule has 4 heteroatoms. The van der Waals surface area contributed by atoms with Crippen molar-refractivity contribution >= 4 is 29.3 Å². The fourth-order valence-corrected chi connectivity index (χ4v) is 4.28. The van der Waals surface area contributed by atoms with Gasteiger partial charge in [0.25, 0.3) is 0 Å². The van der Waals surface area contributed by atoms with E-state index in [1.54, 1.807) is 0 Å². The van der Waals surface area contributed by atoms with Crippen molar-refractivity contribution < 1.29 is 4.79 Å². The minimum Gasteiger partial charge on any atom is -0.372 e. The zero-order valence-corrected chi connectivity index (χ0v) is 20.2. The third kappa shape index (κ3) is 5.61. The molecule has 0 amide bonds. The number of hydrogen-bond acceptors (Lipinski definition) is 4. The summed E-state index contributed by atoms with van der Waals surface area (Å²) < 4.78 is 0. The van der Waals surface area contributed by atoms with Crippen molar-refractivity contribution in [3.05, 3.63) is 71.1 Å². The van der Waals surface area contributed by atoms with Gasteiger partial charge in [0.2, 0.25) is 0 Å². The molecular formula is C28H37N3O. The number of nitrogens with one attached hydrogen (secondary N) is 1. The normalized spacial score (nSPS) is 18.7. The highest BCUT2D eigenvalue weighted by molar-refractivity contribution is 6.02. The molecule has 2 aromatic rings. The number of carbonyl (C=O) groups is 1. The molecule has 0 aliphatic carbocycles. The number of piperidine rings is 1. The molecule has 2 aromatic carbocycles. The van der Waals surface area contributed by atoms with Crippen LogP contribution in [0.25, 0.3) is 12.2 Å². The third-order valence-corrected chi connectivity index (χ3v) is 6.23. The zero-order chi connectivity index (χ0) is 23.1. The van der Waals surface area contributed by atoms with Crippen LogP contribution in [0.3, 0.4) is 0 Å². The van der Waals surface area contributed by atoms with Gasteiger partial charge < -0.3 is 15.1 Å². The molecule has 0 bridgehead atoms. The first-order chi connectivity index (χ1) is 15.5. The van der Waals surface area contributed by atoms with Crippen molar-refractivity contribution in [2.45, 2.75) is 41.0 Å². The molecule has 170 valence electrons. The molecule has 0 spiro atoms. The summed E-state index contributed by atoms with van der Waals surface area (Å²) in [4.78, 5) is 17.5. The van der Waals surface area contributed by atoms with E-state index >= 15 is 0 Å². The van der Waals surface area contributed by atoms with E-state index in [1.165, 1.54) is 11.4 Å². The average molecular weight is 432 g/mol. The second-order valence-electron chi connectivity index (χ2n) is 8.35. The van der Waals surface area contributed by atoms with Gasteiger partial charge in [-0.1, -0.05) is 31.2 Å². The van der Waals surface area contributed by atoms with E-state index in [9.17, 15) is 4.79 Å². The van der Waals surface area contributed by atoms with Gasteiger partial charge in [0, 0.05) is 49.2 Å². The number of nitrogens with zero attached hydrogens (tertiary/aromatic N) is 2. The van der Waals surface area contributed by atoms with Crippen molar-refractivity contribution in [3.63, 3.8) is 0 Å². The lowest BCUT2D eigenvalue weighted by molar-refractivity contribution is -0.119. The molecule has 4 nitrogen and oxygen atoms in total. The van der Waals surface area contributed by atoms with Crippen LogP contribution in [-0.4, -0.2) is 32.0 Å². The molecule has 0 saturated carbocycles. The summed E-state index contributed by atoms with van der Waals surface area (Å²) in [6.07, 6.45) is 4.86. The quantitative estimate of drug-likeness (QED) is 0.523. The van der Waals surface area contributed by atoms with Crippen LogP contribution < -0.4 is 15.1 Å². The minimum atomic E-state index is -0.0290. The first kappa shape index (κ1) is 23.6. The van der Waals surface area contributed by atoms with Crippen LogP contribution in [0.15, 0.2) is 59.9 Å². The molecule has 1 N–H and O–H groups in total. The molecule has 0 radical (unpaired) electrons. The largest absolute Gasteiger partial charge is 0.372 e. The van der Waals surface area contributed by atoms with Gasteiger partial charge in [-0.3, -0.25) is 4.79 Å². The number of ketones is 1. The van der Waals surface area contributed by atoms with Gasteiger partial charge in [-0.25, -0.2) is 0 Å². The van der Waals surface area contributed by atoms with Gasteiger partial charge in [0.05, 0.1) is 5.70 Å². The van der Waals surface area contributed by atoms with Crippen LogP contribution >= 0.6 is 0 Å². The first-order valence-electron chi connectivity index (χ1n) is 11.9. The molecule has 1 aliphatic rings.